The third kappa shape index (κ3) is 7.89. The van der Waals surface area contributed by atoms with Crippen LogP contribution in [0.5, 0.6) is 11.5 Å². The number of hydroxylamine groups is 1. The predicted molar refractivity (Wildman–Crippen MR) is 143 cm³/mol. The van der Waals surface area contributed by atoms with Crippen LogP contribution >= 0.6 is 0 Å². The van der Waals surface area contributed by atoms with Gasteiger partial charge in [0.05, 0.1) is 23.7 Å². The number of carbonyl (C=O) groups is 1. The van der Waals surface area contributed by atoms with Gasteiger partial charge in [-0.2, -0.15) is 18.2 Å². The normalized spacial score (nSPS) is 11.7. The van der Waals surface area contributed by atoms with Gasteiger partial charge >= 0.3 is 12.1 Å². The van der Waals surface area contributed by atoms with Gasteiger partial charge in [0.2, 0.25) is 16.0 Å². The summed E-state index contributed by atoms with van der Waals surface area (Å²) in [4.78, 5) is 27.8. The number of anilines is 3. The van der Waals surface area contributed by atoms with Crippen LogP contribution in [0, 0.1) is 0 Å². The van der Waals surface area contributed by atoms with Crippen LogP contribution in [-0.2, 0) is 26.2 Å². The zero-order chi connectivity index (χ0) is 29.6. The van der Waals surface area contributed by atoms with Crippen molar-refractivity contribution in [2.45, 2.75) is 19.6 Å². The number of nitrogen functional groups attached to an aromatic ring is 1. The van der Waals surface area contributed by atoms with E-state index in [2.05, 4.69) is 25.1 Å². The highest BCUT2D eigenvalue weighted by molar-refractivity contribution is 7.88. The summed E-state index contributed by atoms with van der Waals surface area (Å²) in [7, 11) is -4.35. The third-order valence-electron chi connectivity index (χ3n) is 5.35. The molecule has 0 aliphatic carbocycles. The monoisotopic (exact) mass is 588 g/mol. The summed E-state index contributed by atoms with van der Waals surface area (Å²) in [6, 6.07) is 20.7. The maximum atomic E-state index is 12.7. The Labute approximate surface area is 232 Å². The molecule has 0 unspecified atom stereocenters. The van der Waals surface area contributed by atoms with E-state index < -0.39 is 34.5 Å². The molecule has 2 heterocycles. The molecule has 214 valence electrons. The minimum atomic E-state index is -5.38. The fourth-order valence-electron chi connectivity index (χ4n) is 3.39. The topological polar surface area (TPSA) is 150 Å². The molecule has 0 aliphatic heterocycles. The lowest BCUT2D eigenvalue weighted by molar-refractivity contribution is -0.223. The van der Waals surface area contributed by atoms with Crippen molar-refractivity contribution in [1.82, 2.24) is 19.4 Å². The Hall–Kier alpha value is -4.76. The van der Waals surface area contributed by atoms with E-state index in [1.807, 2.05) is 30.3 Å². The molecule has 41 heavy (non-hydrogen) atoms. The second-order valence-electron chi connectivity index (χ2n) is 8.33. The standard InChI is InChI=1S/C26H23F3N6O5S/c1-2-41(37,38)35(40-24(36)26(27,28)29)16-19-14-21(12-13-31-19)39-20-10-8-18(9-11-20)32-23-15-22(33-25(30)34-23)17-6-4-3-5-7-17/h3-15H,2,16H2,1H3,(H3,30,32,33,34). The molecule has 0 fully saturated rings. The first-order valence-corrected chi connectivity index (χ1v) is 13.5. The molecular weight excluding hydrogens is 565 g/mol. The molecule has 11 nitrogen and oxygen atoms in total. The van der Waals surface area contributed by atoms with Gasteiger partial charge in [0.25, 0.3) is 0 Å². The number of sulfonamides is 1. The Balaban J connectivity index is 1.45. The van der Waals surface area contributed by atoms with Crippen LogP contribution in [0.15, 0.2) is 79.0 Å². The van der Waals surface area contributed by atoms with Gasteiger partial charge in [-0.25, -0.2) is 18.2 Å². The van der Waals surface area contributed by atoms with Crippen molar-refractivity contribution < 1.29 is 36.0 Å². The van der Waals surface area contributed by atoms with Gasteiger partial charge in [-0.05, 0) is 41.7 Å². The zero-order valence-corrected chi connectivity index (χ0v) is 22.2. The van der Waals surface area contributed by atoms with Crippen LogP contribution in [0.3, 0.4) is 0 Å². The van der Waals surface area contributed by atoms with Gasteiger partial charge in [0, 0.05) is 29.6 Å². The molecule has 15 heteroatoms. The summed E-state index contributed by atoms with van der Waals surface area (Å²) in [5.41, 5.74) is 8.04. The van der Waals surface area contributed by atoms with Crippen molar-refractivity contribution >= 4 is 33.4 Å². The molecule has 0 atom stereocenters. The van der Waals surface area contributed by atoms with Gasteiger partial charge in [0.15, 0.2) is 0 Å². The van der Waals surface area contributed by atoms with E-state index in [4.69, 9.17) is 10.5 Å². The fraction of sp³-hybridized carbons (Fsp3) is 0.154. The van der Waals surface area contributed by atoms with Crippen molar-refractivity contribution in [3.05, 3.63) is 84.7 Å². The number of hydrogen-bond acceptors (Lipinski definition) is 10. The average Bonchev–Trinajstić information content (AvgIpc) is 2.93. The molecule has 0 saturated carbocycles. The van der Waals surface area contributed by atoms with E-state index in [-0.39, 0.29) is 21.9 Å². The first-order chi connectivity index (χ1) is 19.4. The van der Waals surface area contributed by atoms with Crippen LogP contribution in [0.25, 0.3) is 11.3 Å². The van der Waals surface area contributed by atoms with Gasteiger partial charge in [-0.3, -0.25) is 4.98 Å². The minimum absolute atomic E-state index is 0.0247. The van der Waals surface area contributed by atoms with E-state index in [0.29, 0.717) is 22.9 Å². The number of halogens is 3. The molecule has 2 aromatic carbocycles. The first kappa shape index (κ1) is 29.2. The quantitative estimate of drug-likeness (QED) is 0.247. The number of ether oxygens (including phenoxy) is 1. The Morgan fingerprint density at radius 1 is 1.00 bits per heavy atom. The molecule has 0 radical (unpaired) electrons. The maximum absolute atomic E-state index is 12.7. The van der Waals surface area contributed by atoms with Crippen LogP contribution in [0.1, 0.15) is 12.6 Å². The maximum Gasteiger partial charge on any atom is 0.492 e. The van der Waals surface area contributed by atoms with E-state index in [9.17, 15) is 26.4 Å². The third-order valence-corrected chi connectivity index (χ3v) is 6.90. The minimum Gasteiger partial charge on any atom is -0.457 e. The largest absolute Gasteiger partial charge is 0.492 e. The van der Waals surface area contributed by atoms with Crippen LogP contribution in [0.2, 0.25) is 0 Å². The number of alkyl halides is 3. The summed E-state index contributed by atoms with van der Waals surface area (Å²) in [5, 5.41) is 3.14. The summed E-state index contributed by atoms with van der Waals surface area (Å²) >= 11 is 0. The number of aromatic nitrogens is 3. The number of hydrogen-bond donors (Lipinski definition) is 2. The van der Waals surface area contributed by atoms with Crippen LogP contribution < -0.4 is 15.8 Å². The van der Waals surface area contributed by atoms with Crippen molar-refractivity contribution in [3.8, 4) is 22.8 Å². The molecule has 3 N–H and O–H groups in total. The number of nitrogens with two attached hydrogens (primary N) is 1. The Bertz CT molecular complexity index is 1620. The van der Waals surface area contributed by atoms with Crippen molar-refractivity contribution in [3.63, 3.8) is 0 Å². The van der Waals surface area contributed by atoms with Gasteiger partial charge < -0.3 is 20.6 Å². The number of carbonyl (C=O) groups excluding carboxylic acids is 1. The van der Waals surface area contributed by atoms with Gasteiger partial charge in [-0.1, -0.05) is 30.3 Å². The first-order valence-electron chi connectivity index (χ1n) is 11.9. The molecule has 0 amide bonds. The number of nitrogens with zero attached hydrogens (tertiary/aromatic N) is 4. The Morgan fingerprint density at radius 3 is 2.37 bits per heavy atom. The van der Waals surface area contributed by atoms with E-state index in [0.717, 1.165) is 5.56 Å². The lowest BCUT2D eigenvalue weighted by atomic mass is 10.1. The summed E-state index contributed by atoms with van der Waals surface area (Å²) in [5.74, 6) is -2.10. The second kappa shape index (κ2) is 12.2. The number of pyridine rings is 1. The zero-order valence-electron chi connectivity index (χ0n) is 21.4. The lowest BCUT2D eigenvalue weighted by Crippen LogP contribution is -2.39. The number of rotatable bonds is 10. The van der Waals surface area contributed by atoms with Gasteiger partial charge in [0.1, 0.15) is 17.3 Å². The number of benzene rings is 2. The van der Waals surface area contributed by atoms with E-state index >= 15 is 0 Å². The molecule has 4 rings (SSSR count). The highest BCUT2D eigenvalue weighted by atomic mass is 32.2. The summed E-state index contributed by atoms with van der Waals surface area (Å²) in [6.07, 6.45) is -4.11. The van der Waals surface area contributed by atoms with E-state index in [1.165, 1.54) is 25.3 Å². The highest BCUT2D eigenvalue weighted by Gasteiger charge is 2.44. The molecule has 0 spiro atoms. The average molecular weight is 589 g/mol. The molecule has 0 bridgehead atoms. The Kier molecular flexibility index (Phi) is 8.68. The molecule has 0 aliphatic rings. The molecule has 4 aromatic rings. The molecule has 2 aromatic heterocycles. The lowest BCUT2D eigenvalue weighted by Gasteiger charge is -2.20. The molecular formula is C26H23F3N6O5S. The Morgan fingerprint density at radius 2 is 1.71 bits per heavy atom. The van der Waals surface area contributed by atoms with Crippen LogP contribution in [0.4, 0.5) is 30.6 Å². The van der Waals surface area contributed by atoms with Gasteiger partial charge in [-0.15, -0.1) is 0 Å². The second-order valence-corrected chi connectivity index (χ2v) is 10.5. The highest BCUT2D eigenvalue weighted by Crippen LogP contribution is 2.27. The number of nitrogens with one attached hydrogen (secondary N) is 1. The van der Waals surface area contributed by atoms with Crippen molar-refractivity contribution in [2.24, 2.45) is 0 Å². The van der Waals surface area contributed by atoms with Crippen molar-refractivity contribution in [2.75, 3.05) is 16.8 Å². The summed E-state index contributed by atoms with van der Waals surface area (Å²) < 4.78 is 68.1. The summed E-state index contributed by atoms with van der Waals surface area (Å²) in [6.45, 7) is 0.433. The predicted octanol–water partition coefficient (Wildman–Crippen LogP) is 4.83. The van der Waals surface area contributed by atoms with Crippen molar-refractivity contribution in [1.29, 1.82) is 0 Å². The smallest absolute Gasteiger partial charge is 0.457 e. The fourth-order valence-corrected chi connectivity index (χ4v) is 4.19. The van der Waals surface area contributed by atoms with E-state index in [1.54, 1.807) is 30.3 Å². The molecule has 0 saturated heterocycles. The SMILES string of the molecule is CCS(=O)(=O)N(Cc1cc(Oc2ccc(Nc3cc(-c4ccccc4)nc(N)n3)cc2)ccn1)OC(=O)C(F)(F)F. The van der Waals surface area contributed by atoms with Crippen LogP contribution in [-0.4, -0.2) is 45.7 Å².